The molecule has 0 amide bonds. The number of aliphatic carboxylic acids is 1. The minimum Gasteiger partial charge on any atom is -0.544 e. The van der Waals surface area contributed by atoms with Crippen molar-refractivity contribution in [1.29, 1.82) is 0 Å². The van der Waals surface area contributed by atoms with Crippen molar-refractivity contribution in [2.24, 2.45) is 0 Å². The number of hydrogen-bond acceptors (Lipinski definition) is 7. The fourth-order valence-electron chi connectivity index (χ4n) is 6.67. The number of hydrogen-bond donors (Lipinski definition) is 0. The highest BCUT2D eigenvalue weighted by atomic mass is 16.6. The average molecular weight is 802 g/mol. The number of quaternary nitrogens is 1. The summed E-state index contributed by atoms with van der Waals surface area (Å²) < 4.78 is 17.2. The van der Waals surface area contributed by atoms with Crippen LogP contribution in [0, 0.1) is 0 Å². The smallest absolute Gasteiger partial charge is 0.306 e. The van der Waals surface area contributed by atoms with Gasteiger partial charge in [0.05, 0.1) is 40.3 Å². The lowest BCUT2D eigenvalue weighted by molar-refractivity contribution is -0.889. The van der Waals surface area contributed by atoms with Gasteiger partial charge in [0.1, 0.15) is 12.6 Å². The van der Waals surface area contributed by atoms with Gasteiger partial charge in [-0.3, -0.25) is 9.59 Å². The number of ether oxygens (including phenoxy) is 3. The molecule has 57 heavy (non-hydrogen) atoms. The first-order valence-corrected chi connectivity index (χ1v) is 23.2. The van der Waals surface area contributed by atoms with Crippen molar-refractivity contribution < 1.29 is 38.2 Å². The molecule has 0 heterocycles. The van der Waals surface area contributed by atoms with Crippen LogP contribution < -0.4 is 5.11 Å². The number of nitrogens with zero attached hydrogens (tertiary/aromatic N) is 1. The summed E-state index contributed by atoms with van der Waals surface area (Å²) in [6, 6.07) is -0.729. The predicted octanol–water partition coefficient (Wildman–Crippen LogP) is 11.5. The second-order valence-corrected chi connectivity index (χ2v) is 16.7. The molecular formula is C49H87NO7. The summed E-state index contributed by atoms with van der Waals surface area (Å²) in [5.41, 5.74) is 0. The maximum Gasteiger partial charge on any atom is 0.306 e. The summed E-state index contributed by atoms with van der Waals surface area (Å²) in [7, 11) is 5.40. The van der Waals surface area contributed by atoms with Gasteiger partial charge in [-0.25, -0.2) is 0 Å². The fraction of sp³-hybridized carbons (Fsp3) is 0.776. The molecule has 0 aromatic carbocycles. The largest absolute Gasteiger partial charge is 0.544 e. The SMILES string of the molecule is CCCCC/C=C/C=C/C=C/C=C/CCCCCCCC(=O)OCC(COCCC(C(=O)[O-])[N+](C)(C)C)OC(=O)CCCCCCCCCCCCCCCCC. The molecule has 0 aromatic rings. The van der Waals surface area contributed by atoms with Gasteiger partial charge >= 0.3 is 11.9 Å². The zero-order valence-corrected chi connectivity index (χ0v) is 37.5. The van der Waals surface area contributed by atoms with Gasteiger partial charge in [0.15, 0.2) is 6.10 Å². The van der Waals surface area contributed by atoms with Crippen LogP contribution in [0.3, 0.4) is 0 Å². The number of unbranched alkanes of at least 4 members (excludes halogenated alkanes) is 22. The minimum absolute atomic E-state index is 0.0340. The molecule has 0 saturated carbocycles. The lowest BCUT2D eigenvalue weighted by Crippen LogP contribution is -2.55. The van der Waals surface area contributed by atoms with E-state index in [0.717, 1.165) is 64.2 Å². The van der Waals surface area contributed by atoms with Crippen LogP contribution in [0.1, 0.15) is 194 Å². The Hall–Kier alpha value is -2.71. The average Bonchev–Trinajstić information content (AvgIpc) is 3.17. The third kappa shape index (κ3) is 38.6. The molecule has 0 fully saturated rings. The molecule has 0 radical (unpaired) electrons. The van der Waals surface area contributed by atoms with E-state index in [1.165, 1.54) is 96.3 Å². The summed E-state index contributed by atoms with van der Waals surface area (Å²) in [6.45, 7) is 4.61. The van der Waals surface area contributed by atoms with Crippen molar-refractivity contribution in [3.63, 3.8) is 0 Å². The van der Waals surface area contributed by atoms with Crippen molar-refractivity contribution >= 4 is 17.9 Å². The number of carbonyl (C=O) groups excluding carboxylic acids is 3. The van der Waals surface area contributed by atoms with Crippen molar-refractivity contribution in [2.45, 2.75) is 206 Å². The van der Waals surface area contributed by atoms with E-state index in [-0.39, 0.29) is 42.7 Å². The van der Waals surface area contributed by atoms with E-state index in [9.17, 15) is 19.5 Å². The summed E-state index contributed by atoms with van der Waals surface area (Å²) in [5, 5.41) is 11.6. The highest BCUT2D eigenvalue weighted by molar-refractivity contribution is 5.70. The summed E-state index contributed by atoms with van der Waals surface area (Å²) in [4.78, 5) is 36.9. The Bertz CT molecular complexity index is 1070. The van der Waals surface area contributed by atoms with Gasteiger partial charge in [0, 0.05) is 19.3 Å². The molecule has 0 spiro atoms. The lowest BCUT2D eigenvalue weighted by atomic mass is 10.0. The maximum atomic E-state index is 12.7. The van der Waals surface area contributed by atoms with Crippen LogP contribution in [0.2, 0.25) is 0 Å². The van der Waals surface area contributed by atoms with Crippen LogP contribution >= 0.6 is 0 Å². The zero-order valence-electron chi connectivity index (χ0n) is 37.5. The molecule has 2 unspecified atom stereocenters. The molecule has 330 valence electrons. The summed E-state index contributed by atoms with van der Waals surface area (Å²) in [5.74, 6) is -1.76. The molecule has 0 aliphatic carbocycles. The number of rotatable bonds is 41. The first kappa shape index (κ1) is 54.3. The Morgan fingerprint density at radius 2 is 0.930 bits per heavy atom. The number of carbonyl (C=O) groups is 3. The molecule has 8 nitrogen and oxygen atoms in total. The quantitative estimate of drug-likeness (QED) is 0.0262. The lowest BCUT2D eigenvalue weighted by Gasteiger charge is -2.34. The molecule has 0 rings (SSSR count). The molecule has 8 heteroatoms. The van der Waals surface area contributed by atoms with E-state index in [1.807, 2.05) is 0 Å². The first-order chi connectivity index (χ1) is 27.6. The fourth-order valence-corrected chi connectivity index (χ4v) is 6.67. The zero-order chi connectivity index (χ0) is 42.1. The van der Waals surface area contributed by atoms with Crippen LogP contribution in [0.5, 0.6) is 0 Å². The minimum atomic E-state index is -1.13. The van der Waals surface area contributed by atoms with Crippen molar-refractivity contribution in [3.8, 4) is 0 Å². The van der Waals surface area contributed by atoms with E-state index < -0.39 is 18.1 Å². The van der Waals surface area contributed by atoms with Crippen LogP contribution in [-0.2, 0) is 28.6 Å². The van der Waals surface area contributed by atoms with Gasteiger partial charge in [-0.05, 0) is 38.5 Å². The van der Waals surface area contributed by atoms with E-state index in [4.69, 9.17) is 14.2 Å². The van der Waals surface area contributed by atoms with E-state index in [2.05, 4.69) is 62.5 Å². The standard InChI is InChI=1S/C49H87NO7/c1-6-8-10-12-14-16-18-20-22-23-24-26-27-29-31-33-35-37-39-47(51)56-44-45(43-55-42-41-46(49(53)54)50(3,4)5)57-48(52)40-38-36-34-32-30-28-25-21-19-17-15-13-11-9-7-2/h14,16,18,20,22-24,26,45-46H,6-13,15,17,19,21,25,27-44H2,1-5H3/b16-14+,20-18+,23-22+,26-24+. The summed E-state index contributed by atoms with van der Waals surface area (Å²) >= 11 is 0. The molecule has 0 aliphatic heterocycles. The molecular weight excluding hydrogens is 715 g/mol. The van der Waals surface area contributed by atoms with E-state index >= 15 is 0 Å². The molecule has 0 bridgehead atoms. The van der Waals surface area contributed by atoms with Gasteiger partial charge in [-0.1, -0.05) is 184 Å². The number of likely N-dealkylation sites (N-methyl/N-ethyl adjacent to an activating group) is 1. The highest BCUT2D eigenvalue weighted by Gasteiger charge is 2.25. The van der Waals surface area contributed by atoms with Gasteiger partial charge in [-0.15, -0.1) is 0 Å². The van der Waals surface area contributed by atoms with Gasteiger partial charge in [-0.2, -0.15) is 0 Å². The Morgan fingerprint density at radius 3 is 1.40 bits per heavy atom. The second-order valence-electron chi connectivity index (χ2n) is 16.7. The number of allylic oxidation sites excluding steroid dienone is 8. The third-order valence-corrected chi connectivity index (χ3v) is 10.3. The normalized spacial score (nSPS) is 13.4. The number of carboxylic acids is 1. The van der Waals surface area contributed by atoms with Crippen molar-refractivity contribution in [3.05, 3.63) is 48.6 Å². The van der Waals surface area contributed by atoms with Crippen LogP contribution in [-0.4, -0.2) is 75.5 Å². The van der Waals surface area contributed by atoms with Crippen LogP contribution in [0.4, 0.5) is 0 Å². The Morgan fingerprint density at radius 1 is 0.526 bits per heavy atom. The molecule has 2 atom stereocenters. The molecule has 0 aliphatic rings. The van der Waals surface area contributed by atoms with Crippen molar-refractivity contribution in [1.82, 2.24) is 0 Å². The molecule has 0 aromatic heterocycles. The number of carboxylic acid groups (broad SMARTS) is 1. The Kier molecular flexibility index (Phi) is 38.2. The Balaban J connectivity index is 4.36. The maximum absolute atomic E-state index is 12.7. The molecule has 0 saturated heterocycles. The monoisotopic (exact) mass is 802 g/mol. The second kappa shape index (κ2) is 40.1. The van der Waals surface area contributed by atoms with E-state index in [1.54, 1.807) is 21.1 Å². The van der Waals surface area contributed by atoms with Gasteiger partial charge in [0.25, 0.3) is 0 Å². The first-order valence-electron chi connectivity index (χ1n) is 23.2. The topological polar surface area (TPSA) is 102 Å². The van der Waals surface area contributed by atoms with Crippen LogP contribution in [0.25, 0.3) is 0 Å². The third-order valence-electron chi connectivity index (χ3n) is 10.3. The Labute approximate surface area is 350 Å². The van der Waals surface area contributed by atoms with Gasteiger partial charge in [0.2, 0.25) is 0 Å². The highest BCUT2D eigenvalue weighted by Crippen LogP contribution is 2.15. The number of esters is 2. The predicted molar refractivity (Wildman–Crippen MR) is 236 cm³/mol. The van der Waals surface area contributed by atoms with Gasteiger partial charge < -0.3 is 28.6 Å². The van der Waals surface area contributed by atoms with Crippen molar-refractivity contribution in [2.75, 3.05) is 41.0 Å². The van der Waals surface area contributed by atoms with Crippen LogP contribution in [0.15, 0.2) is 48.6 Å². The van der Waals surface area contributed by atoms with E-state index in [0.29, 0.717) is 12.8 Å². The summed E-state index contributed by atoms with van der Waals surface area (Å²) in [6.07, 6.45) is 46.9. The molecule has 0 N–H and O–H groups in total.